The molecule has 0 heterocycles. The Morgan fingerprint density at radius 1 is 1.35 bits per heavy atom. The zero-order valence-corrected chi connectivity index (χ0v) is 12.4. The SMILES string of the molecule is CCCCN(Cc1ccc(OC)c(B(O)O)c1)C1CC1. The molecule has 2 N–H and O–H groups in total. The highest BCUT2D eigenvalue weighted by molar-refractivity contribution is 6.59. The van der Waals surface area contributed by atoms with Crippen molar-refractivity contribution in [1.82, 2.24) is 4.90 Å². The number of unbranched alkanes of at least 4 members (excludes halogenated alkanes) is 1. The minimum Gasteiger partial charge on any atom is -0.497 e. The highest BCUT2D eigenvalue weighted by Crippen LogP contribution is 2.28. The first-order chi connectivity index (χ1) is 9.65. The molecule has 1 aliphatic rings. The maximum Gasteiger partial charge on any atom is 0.492 e. The van der Waals surface area contributed by atoms with Gasteiger partial charge in [-0.05, 0) is 37.4 Å². The third-order valence-electron chi connectivity index (χ3n) is 3.82. The fraction of sp³-hybridized carbons (Fsp3) is 0.600. The van der Waals surface area contributed by atoms with Crippen LogP contribution in [0.3, 0.4) is 0 Å². The van der Waals surface area contributed by atoms with Gasteiger partial charge in [0.1, 0.15) is 5.75 Å². The minimum atomic E-state index is -1.49. The predicted molar refractivity (Wildman–Crippen MR) is 81.2 cm³/mol. The highest BCUT2D eigenvalue weighted by atomic mass is 16.5. The summed E-state index contributed by atoms with van der Waals surface area (Å²) in [5, 5.41) is 18.8. The molecule has 1 aliphatic carbocycles. The number of hydrogen-bond acceptors (Lipinski definition) is 4. The van der Waals surface area contributed by atoms with E-state index in [1.807, 2.05) is 18.2 Å². The summed E-state index contributed by atoms with van der Waals surface area (Å²) in [4.78, 5) is 2.50. The smallest absolute Gasteiger partial charge is 0.492 e. The number of hydrogen-bond donors (Lipinski definition) is 2. The summed E-state index contributed by atoms with van der Waals surface area (Å²) in [5.41, 5.74) is 1.55. The molecule has 0 amide bonds. The zero-order chi connectivity index (χ0) is 14.5. The van der Waals surface area contributed by atoms with Crippen LogP contribution in [0.1, 0.15) is 38.2 Å². The predicted octanol–water partition coefficient (Wildman–Crippen LogP) is 1.14. The molecule has 1 aromatic rings. The van der Waals surface area contributed by atoms with Crippen LogP contribution in [-0.2, 0) is 6.54 Å². The van der Waals surface area contributed by atoms with Crippen LogP contribution in [0, 0.1) is 0 Å². The normalized spacial score (nSPS) is 14.7. The molecule has 1 fully saturated rings. The Kier molecular flexibility index (Phi) is 5.46. The summed E-state index contributed by atoms with van der Waals surface area (Å²) in [6.45, 7) is 4.19. The van der Waals surface area contributed by atoms with E-state index in [9.17, 15) is 10.0 Å². The van der Waals surface area contributed by atoms with E-state index in [0.29, 0.717) is 17.3 Å². The molecule has 0 bridgehead atoms. The molecule has 1 aromatic carbocycles. The summed E-state index contributed by atoms with van der Waals surface area (Å²) in [6.07, 6.45) is 4.99. The van der Waals surface area contributed by atoms with Crippen molar-refractivity contribution in [2.45, 2.75) is 45.2 Å². The van der Waals surface area contributed by atoms with Gasteiger partial charge in [-0.1, -0.05) is 25.5 Å². The molecule has 0 radical (unpaired) electrons. The van der Waals surface area contributed by atoms with Crippen molar-refractivity contribution in [1.29, 1.82) is 0 Å². The first kappa shape index (κ1) is 15.4. The minimum absolute atomic E-state index is 0.441. The molecule has 0 aliphatic heterocycles. The van der Waals surface area contributed by atoms with Crippen LogP contribution in [0.5, 0.6) is 5.75 Å². The molecule has 2 rings (SSSR count). The van der Waals surface area contributed by atoms with Gasteiger partial charge in [0.2, 0.25) is 0 Å². The second-order valence-electron chi connectivity index (χ2n) is 5.51. The maximum atomic E-state index is 9.42. The number of ether oxygens (including phenoxy) is 1. The summed E-state index contributed by atoms with van der Waals surface area (Å²) in [7, 11) is 0.0495. The van der Waals surface area contributed by atoms with Crippen LogP contribution in [0.25, 0.3) is 0 Å². The first-order valence-corrected chi connectivity index (χ1v) is 7.42. The van der Waals surface area contributed by atoms with E-state index >= 15 is 0 Å². The highest BCUT2D eigenvalue weighted by Gasteiger charge is 2.28. The molecular weight excluding hydrogens is 253 g/mol. The molecule has 0 spiro atoms. The van der Waals surface area contributed by atoms with Crippen molar-refractivity contribution in [3.63, 3.8) is 0 Å². The second kappa shape index (κ2) is 7.11. The summed E-state index contributed by atoms with van der Waals surface area (Å²) < 4.78 is 5.16. The average Bonchev–Trinajstić information content (AvgIpc) is 3.27. The van der Waals surface area contributed by atoms with E-state index in [1.54, 1.807) is 7.11 Å². The van der Waals surface area contributed by atoms with Crippen molar-refractivity contribution < 1.29 is 14.8 Å². The second-order valence-corrected chi connectivity index (χ2v) is 5.51. The maximum absolute atomic E-state index is 9.42. The standard InChI is InChI=1S/C15H24BNO3/c1-3-4-9-17(13-6-7-13)11-12-5-8-15(20-2)14(10-12)16(18)19/h5,8,10,13,18-19H,3-4,6-7,9,11H2,1-2H3. The van der Waals surface area contributed by atoms with E-state index in [2.05, 4.69) is 11.8 Å². The van der Waals surface area contributed by atoms with Gasteiger partial charge in [0, 0.05) is 18.0 Å². The fourth-order valence-electron chi connectivity index (χ4n) is 2.51. The van der Waals surface area contributed by atoms with Crippen molar-refractivity contribution in [2.75, 3.05) is 13.7 Å². The van der Waals surface area contributed by atoms with Gasteiger partial charge in [0.05, 0.1) is 7.11 Å². The zero-order valence-electron chi connectivity index (χ0n) is 12.4. The molecule has 20 heavy (non-hydrogen) atoms. The Bertz CT molecular complexity index is 435. The molecule has 0 unspecified atom stereocenters. The van der Waals surface area contributed by atoms with Crippen LogP contribution in [0.4, 0.5) is 0 Å². The third kappa shape index (κ3) is 3.98. The van der Waals surface area contributed by atoms with E-state index in [1.165, 1.54) is 25.7 Å². The summed E-state index contributed by atoms with van der Waals surface area (Å²) >= 11 is 0. The molecule has 4 nitrogen and oxygen atoms in total. The summed E-state index contributed by atoms with van der Waals surface area (Å²) in [5.74, 6) is 0.523. The molecule has 5 heteroatoms. The van der Waals surface area contributed by atoms with Crippen molar-refractivity contribution in [3.05, 3.63) is 23.8 Å². The van der Waals surface area contributed by atoms with Crippen molar-refractivity contribution in [2.24, 2.45) is 0 Å². The van der Waals surface area contributed by atoms with Crippen molar-refractivity contribution in [3.8, 4) is 5.75 Å². The van der Waals surface area contributed by atoms with Crippen LogP contribution in [-0.4, -0.2) is 41.8 Å². The van der Waals surface area contributed by atoms with Gasteiger partial charge in [-0.2, -0.15) is 0 Å². The molecule has 110 valence electrons. The Morgan fingerprint density at radius 2 is 2.10 bits per heavy atom. The number of methoxy groups -OCH3 is 1. The lowest BCUT2D eigenvalue weighted by Crippen LogP contribution is -2.33. The number of rotatable bonds is 8. The van der Waals surface area contributed by atoms with Gasteiger partial charge >= 0.3 is 7.12 Å². The average molecular weight is 277 g/mol. The topological polar surface area (TPSA) is 52.9 Å². The molecule has 0 aromatic heterocycles. The lowest BCUT2D eigenvalue weighted by molar-refractivity contribution is 0.250. The summed E-state index contributed by atoms with van der Waals surface area (Å²) in [6, 6.07) is 6.37. The Hall–Kier alpha value is -1.04. The molecule has 1 saturated carbocycles. The molecular formula is C15H24BNO3. The van der Waals surface area contributed by atoms with Gasteiger partial charge < -0.3 is 14.8 Å². The monoisotopic (exact) mass is 277 g/mol. The van der Waals surface area contributed by atoms with E-state index in [4.69, 9.17) is 4.74 Å². The number of benzene rings is 1. The lowest BCUT2D eigenvalue weighted by Gasteiger charge is -2.22. The van der Waals surface area contributed by atoms with Crippen LogP contribution < -0.4 is 10.2 Å². The van der Waals surface area contributed by atoms with Gasteiger partial charge in [-0.15, -0.1) is 0 Å². The quantitative estimate of drug-likeness (QED) is 0.700. The van der Waals surface area contributed by atoms with E-state index in [-0.39, 0.29) is 0 Å². The molecule has 0 saturated heterocycles. The van der Waals surface area contributed by atoms with Gasteiger partial charge in [-0.25, -0.2) is 0 Å². The lowest BCUT2D eigenvalue weighted by atomic mass is 9.78. The van der Waals surface area contributed by atoms with Gasteiger partial charge in [0.15, 0.2) is 0 Å². The van der Waals surface area contributed by atoms with E-state index < -0.39 is 7.12 Å². The Morgan fingerprint density at radius 3 is 2.65 bits per heavy atom. The van der Waals surface area contributed by atoms with Crippen LogP contribution >= 0.6 is 0 Å². The van der Waals surface area contributed by atoms with E-state index in [0.717, 1.165) is 18.7 Å². The Balaban J connectivity index is 2.09. The van der Waals surface area contributed by atoms with Crippen LogP contribution in [0.2, 0.25) is 0 Å². The van der Waals surface area contributed by atoms with Crippen molar-refractivity contribution >= 4 is 12.6 Å². The van der Waals surface area contributed by atoms with Gasteiger partial charge in [-0.3, -0.25) is 4.90 Å². The fourth-order valence-corrected chi connectivity index (χ4v) is 2.51. The Labute approximate surface area is 121 Å². The largest absolute Gasteiger partial charge is 0.497 e. The third-order valence-corrected chi connectivity index (χ3v) is 3.82. The van der Waals surface area contributed by atoms with Gasteiger partial charge in [0.25, 0.3) is 0 Å². The number of nitrogens with zero attached hydrogens (tertiary/aromatic N) is 1. The molecule has 0 atom stereocenters. The van der Waals surface area contributed by atoms with Crippen LogP contribution in [0.15, 0.2) is 18.2 Å². The first-order valence-electron chi connectivity index (χ1n) is 7.42.